The van der Waals surface area contributed by atoms with Gasteiger partial charge in [0.05, 0.1) is 0 Å². The Morgan fingerprint density at radius 2 is 1.91 bits per heavy atom. The molecule has 1 saturated heterocycles. The Morgan fingerprint density at radius 1 is 1.13 bits per heavy atom. The van der Waals surface area contributed by atoms with Crippen LogP contribution in [0.25, 0.3) is 0 Å². The summed E-state index contributed by atoms with van der Waals surface area (Å²) < 4.78 is 0. The Kier molecular flexibility index (Phi) is 7.20. The first-order chi connectivity index (χ1) is 11.2. The van der Waals surface area contributed by atoms with Gasteiger partial charge in [0.15, 0.2) is 0 Å². The van der Waals surface area contributed by atoms with Crippen LogP contribution in [0.1, 0.15) is 36.0 Å². The first kappa shape index (κ1) is 17.6. The number of anilines is 1. The van der Waals surface area contributed by atoms with E-state index in [-0.39, 0.29) is 17.7 Å². The third-order valence-corrected chi connectivity index (χ3v) is 4.12. The smallest absolute Gasteiger partial charge is 0.253 e. The molecule has 0 aliphatic carbocycles. The lowest BCUT2D eigenvalue weighted by atomic mass is 10.1. The lowest BCUT2D eigenvalue weighted by Crippen LogP contribution is -2.35. The van der Waals surface area contributed by atoms with Crippen LogP contribution in [-0.2, 0) is 4.79 Å². The average molecular weight is 338 g/mol. The van der Waals surface area contributed by atoms with Crippen molar-refractivity contribution in [1.29, 1.82) is 0 Å². The van der Waals surface area contributed by atoms with Gasteiger partial charge in [0.2, 0.25) is 5.91 Å². The molecule has 1 aliphatic rings. The number of carbonyl (C=O) groups excluding carboxylic acids is 2. The monoisotopic (exact) mass is 337 g/mol. The number of hydrogen-bond donors (Lipinski definition) is 2. The highest BCUT2D eigenvalue weighted by Gasteiger charge is 2.18. The van der Waals surface area contributed by atoms with Gasteiger partial charge in [-0.25, -0.2) is 0 Å². The number of nitrogens with one attached hydrogen (secondary N) is 2. The number of hydrogen-bond acceptors (Lipinski definition) is 3. The van der Waals surface area contributed by atoms with E-state index in [9.17, 15) is 9.59 Å². The highest BCUT2D eigenvalue weighted by atomic mass is 35.5. The molecule has 0 bridgehead atoms. The molecule has 1 heterocycles. The molecule has 23 heavy (non-hydrogen) atoms. The van der Waals surface area contributed by atoms with Crippen LogP contribution in [0, 0.1) is 0 Å². The maximum Gasteiger partial charge on any atom is 0.253 e. The van der Waals surface area contributed by atoms with Crippen LogP contribution in [0.5, 0.6) is 0 Å². The summed E-state index contributed by atoms with van der Waals surface area (Å²) in [6.45, 7) is 3.03. The van der Waals surface area contributed by atoms with E-state index < -0.39 is 0 Å². The molecule has 0 spiro atoms. The molecule has 2 rings (SSSR count). The molecule has 0 aromatic heterocycles. The molecule has 0 atom stereocenters. The number of amides is 2. The molecular formula is C17H24ClN3O2. The number of carbonyl (C=O) groups is 2. The highest BCUT2D eigenvalue weighted by Crippen LogP contribution is 2.16. The second kappa shape index (κ2) is 9.40. The fourth-order valence-corrected chi connectivity index (χ4v) is 2.73. The van der Waals surface area contributed by atoms with Gasteiger partial charge in [0.25, 0.3) is 5.91 Å². The van der Waals surface area contributed by atoms with Crippen molar-refractivity contribution < 1.29 is 9.59 Å². The molecule has 2 N–H and O–H groups in total. The number of piperidine rings is 1. The summed E-state index contributed by atoms with van der Waals surface area (Å²) in [5.74, 6) is -0.0443. The van der Waals surface area contributed by atoms with Crippen molar-refractivity contribution in [2.75, 3.05) is 37.4 Å². The van der Waals surface area contributed by atoms with Crippen molar-refractivity contribution >= 4 is 29.1 Å². The number of halogens is 1. The molecule has 0 saturated carbocycles. The van der Waals surface area contributed by atoms with E-state index in [1.54, 1.807) is 0 Å². The molecule has 1 aromatic rings. The first-order valence-electron chi connectivity index (χ1n) is 8.16. The standard InChI is InChI=1S/C17H24ClN3O2/c18-13-16(22)20-9-5-8-19-15-7-4-6-14(12-15)17(23)21-10-2-1-3-11-21/h4,6-7,12,19H,1-3,5,8-11,13H2,(H,20,22). The predicted molar refractivity (Wildman–Crippen MR) is 93.0 cm³/mol. The van der Waals surface area contributed by atoms with Crippen molar-refractivity contribution in [2.45, 2.75) is 25.7 Å². The van der Waals surface area contributed by atoms with Crippen LogP contribution in [-0.4, -0.2) is 48.8 Å². The lowest BCUT2D eigenvalue weighted by Gasteiger charge is -2.26. The SMILES string of the molecule is O=C(CCl)NCCCNc1cccc(C(=O)N2CCCCC2)c1. The number of benzene rings is 1. The summed E-state index contributed by atoms with van der Waals surface area (Å²) in [5.41, 5.74) is 1.66. The quantitative estimate of drug-likeness (QED) is 0.593. The molecule has 1 aliphatic heterocycles. The van der Waals surface area contributed by atoms with Crippen LogP contribution in [0.4, 0.5) is 5.69 Å². The molecule has 5 nitrogen and oxygen atoms in total. The zero-order valence-corrected chi connectivity index (χ0v) is 14.1. The summed E-state index contributed by atoms with van der Waals surface area (Å²) in [4.78, 5) is 25.4. The molecule has 0 unspecified atom stereocenters. The van der Waals surface area contributed by atoms with Crippen LogP contribution in [0.3, 0.4) is 0 Å². The summed E-state index contributed by atoms with van der Waals surface area (Å²) >= 11 is 5.41. The minimum atomic E-state index is -0.152. The lowest BCUT2D eigenvalue weighted by molar-refractivity contribution is -0.118. The average Bonchev–Trinajstić information content (AvgIpc) is 2.61. The van der Waals surface area contributed by atoms with Crippen molar-refractivity contribution in [3.63, 3.8) is 0 Å². The van der Waals surface area contributed by atoms with Crippen LogP contribution in [0.15, 0.2) is 24.3 Å². The second-order valence-corrected chi connectivity index (χ2v) is 5.96. The molecule has 1 aromatic carbocycles. The van der Waals surface area contributed by atoms with E-state index in [1.165, 1.54) is 6.42 Å². The number of nitrogens with zero attached hydrogens (tertiary/aromatic N) is 1. The van der Waals surface area contributed by atoms with Gasteiger partial charge in [0.1, 0.15) is 5.88 Å². The predicted octanol–water partition coefficient (Wildman–Crippen LogP) is 2.47. The van der Waals surface area contributed by atoms with Gasteiger partial charge in [-0.1, -0.05) is 6.07 Å². The van der Waals surface area contributed by atoms with Gasteiger partial charge < -0.3 is 15.5 Å². The first-order valence-corrected chi connectivity index (χ1v) is 8.70. The van der Waals surface area contributed by atoms with Crippen molar-refractivity contribution in [3.05, 3.63) is 29.8 Å². The van der Waals surface area contributed by atoms with Gasteiger partial charge >= 0.3 is 0 Å². The Morgan fingerprint density at radius 3 is 2.65 bits per heavy atom. The molecule has 1 fully saturated rings. The minimum Gasteiger partial charge on any atom is -0.385 e. The van der Waals surface area contributed by atoms with E-state index in [4.69, 9.17) is 11.6 Å². The summed E-state index contributed by atoms with van der Waals surface area (Å²) in [6, 6.07) is 7.61. The van der Waals surface area contributed by atoms with E-state index in [0.29, 0.717) is 6.54 Å². The molecule has 0 radical (unpaired) electrons. The Balaban J connectivity index is 1.80. The highest BCUT2D eigenvalue weighted by molar-refractivity contribution is 6.27. The third-order valence-electron chi connectivity index (χ3n) is 3.88. The zero-order chi connectivity index (χ0) is 16.5. The number of rotatable bonds is 7. The number of likely N-dealkylation sites (tertiary alicyclic amines) is 1. The fourth-order valence-electron chi connectivity index (χ4n) is 2.64. The Bertz CT molecular complexity index is 530. The maximum atomic E-state index is 12.5. The number of alkyl halides is 1. The van der Waals surface area contributed by atoms with E-state index in [1.807, 2.05) is 29.2 Å². The molecule has 6 heteroatoms. The summed E-state index contributed by atoms with van der Waals surface area (Å²) in [7, 11) is 0. The van der Waals surface area contributed by atoms with Gasteiger partial charge in [-0.2, -0.15) is 0 Å². The minimum absolute atomic E-state index is 0.00587. The normalized spacial score (nSPS) is 14.4. The van der Waals surface area contributed by atoms with Gasteiger partial charge in [-0.05, 0) is 43.9 Å². The maximum absolute atomic E-state index is 12.5. The molecular weight excluding hydrogens is 314 g/mol. The summed E-state index contributed by atoms with van der Waals surface area (Å²) in [5, 5.41) is 6.00. The van der Waals surface area contributed by atoms with Crippen LogP contribution >= 0.6 is 11.6 Å². The Labute approximate surface area is 142 Å². The van der Waals surface area contributed by atoms with Crippen molar-refractivity contribution in [2.24, 2.45) is 0 Å². The second-order valence-electron chi connectivity index (χ2n) is 5.70. The van der Waals surface area contributed by atoms with Crippen LogP contribution < -0.4 is 10.6 Å². The third kappa shape index (κ3) is 5.75. The topological polar surface area (TPSA) is 61.4 Å². The van der Waals surface area contributed by atoms with Gasteiger partial charge in [-0.15, -0.1) is 11.6 Å². The van der Waals surface area contributed by atoms with Crippen LogP contribution in [0.2, 0.25) is 0 Å². The van der Waals surface area contributed by atoms with Gasteiger partial charge in [-0.3, -0.25) is 9.59 Å². The van der Waals surface area contributed by atoms with E-state index in [0.717, 1.165) is 50.1 Å². The summed E-state index contributed by atoms with van der Waals surface area (Å²) in [6.07, 6.45) is 4.20. The van der Waals surface area contributed by atoms with Crippen molar-refractivity contribution in [1.82, 2.24) is 10.2 Å². The molecule has 126 valence electrons. The zero-order valence-electron chi connectivity index (χ0n) is 13.3. The largest absolute Gasteiger partial charge is 0.385 e. The van der Waals surface area contributed by atoms with E-state index >= 15 is 0 Å². The fraction of sp³-hybridized carbons (Fsp3) is 0.529. The molecule has 2 amide bonds. The van der Waals surface area contributed by atoms with E-state index in [2.05, 4.69) is 10.6 Å². The van der Waals surface area contributed by atoms with Gasteiger partial charge in [0, 0.05) is 37.4 Å². The van der Waals surface area contributed by atoms with Crippen molar-refractivity contribution in [3.8, 4) is 0 Å². The Hall–Kier alpha value is -1.75.